The lowest BCUT2D eigenvalue weighted by Gasteiger charge is -1.94. The van der Waals surface area contributed by atoms with E-state index in [0.29, 0.717) is 5.69 Å². The quantitative estimate of drug-likeness (QED) is 0.857. The Morgan fingerprint density at radius 1 is 1.27 bits per heavy atom. The lowest BCUT2D eigenvalue weighted by atomic mass is 10.4. The van der Waals surface area contributed by atoms with Crippen molar-refractivity contribution in [3.05, 3.63) is 36.3 Å². The molecule has 15 heavy (non-hydrogen) atoms. The molecular formula is C8H10Cl3N3O. The number of fused-ring (bicyclic) bond motifs is 1. The van der Waals surface area contributed by atoms with Gasteiger partial charge in [0.25, 0.3) is 5.91 Å². The fourth-order valence-electron chi connectivity index (χ4n) is 1.11. The van der Waals surface area contributed by atoms with Crippen LogP contribution in [0, 0.1) is 0 Å². The van der Waals surface area contributed by atoms with Crippen molar-refractivity contribution < 1.29 is 4.79 Å². The van der Waals surface area contributed by atoms with Crippen LogP contribution in [0.3, 0.4) is 0 Å². The molecule has 0 bridgehead atoms. The highest BCUT2D eigenvalue weighted by Crippen LogP contribution is 2.04. The summed E-state index contributed by atoms with van der Waals surface area (Å²) in [6.45, 7) is 0. The second-order valence-corrected chi connectivity index (χ2v) is 2.44. The van der Waals surface area contributed by atoms with E-state index < -0.39 is 5.91 Å². The number of rotatable bonds is 1. The molecule has 7 heteroatoms. The molecule has 0 unspecified atom stereocenters. The Kier molecular flexibility index (Phi) is 7.13. The topological polar surface area (TPSA) is 60.4 Å². The highest BCUT2D eigenvalue weighted by atomic mass is 35.5. The number of hydrogen-bond donors (Lipinski definition) is 1. The van der Waals surface area contributed by atoms with E-state index in [1.165, 1.54) is 6.20 Å². The zero-order chi connectivity index (χ0) is 8.55. The molecule has 0 aromatic carbocycles. The van der Waals surface area contributed by atoms with Crippen LogP contribution in [0.1, 0.15) is 10.5 Å². The molecule has 2 heterocycles. The van der Waals surface area contributed by atoms with Gasteiger partial charge in [0.2, 0.25) is 0 Å². The summed E-state index contributed by atoms with van der Waals surface area (Å²) in [6.07, 6.45) is 3.22. The average molecular weight is 271 g/mol. The van der Waals surface area contributed by atoms with Gasteiger partial charge in [-0.3, -0.25) is 9.20 Å². The van der Waals surface area contributed by atoms with Crippen molar-refractivity contribution in [2.24, 2.45) is 5.73 Å². The van der Waals surface area contributed by atoms with E-state index in [1.807, 2.05) is 18.2 Å². The van der Waals surface area contributed by atoms with Gasteiger partial charge in [-0.1, -0.05) is 6.07 Å². The number of hydrogen-bond acceptors (Lipinski definition) is 2. The molecular weight excluding hydrogens is 260 g/mol. The minimum atomic E-state index is -0.464. The van der Waals surface area contributed by atoms with Gasteiger partial charge in [0.15, 0.2) is 0 Å². The van der Waals surface area contributed by atoms with Crippen LogP contribution in [0.4, 0.5) is 0 Å². The lowest BCUT2D eigenvalue weighted by molar-refractivity contribution is 0.0995. The molecule has 84 valence electrons. The number of nitrogens with two attached hydrogens (primary N) is 1. The first-order chi connectivity index (χ1) is 5.79. The number of halogens is 3. The molecule has 0 spiro atoms. The van der Waals surface area contributed by atoms with E-state index in [9.17, 15) is 4.79 Å². The van der Waals surface area contributed by atoms with Crippen LogP contribution in [0.25, 0.3) is 5.65 Å². The minimum Gasteiger partial charge on any atom is -0.364 e. The van der Waals surface area contributed by atoms with Gasteiger partial charge in [-0.2, -0.15) is 0 Å². The summed E-state index contributed by atoms with van der Waals surface area (Å²) >= 11 is 0. The first-order valence-electron chi connectivity index (χ1n) is 3.51. The number of carbonyl (C=O) groups excluding carboxylic acids is 1. The van der Waals surface area contributed by atoms with Gasteiger partial charge in [-0.05, 0) is 12.1 Å². The van der Waals surface area contributed by atoms with Gasteiger partial charge in [0, 0.05) is 6.20 Å². The third-order valence-corrected chi connectivity index (χ3v) is 1.67. The summed E-state index contributed by atoms with van der Waals surface area (Å²) in [5.74, 6) is -0.464. The summed E-state index contributed by atoms with van der Waals surface area (Å²) < 4.78 is 1.66. The highest BCUT2D eigenvalue weighted by molar-refractivity contribution is 5.91. The van der Waals surface area contributed by atoms with E-state index in [2.05, 4.69) is 4.98 Å². The normalized spacial score (nSPS) is 8.27. The van der Waals surface area contributed by atoms with E-state index in [-0.39, 0.29) is 37.2 Å². The lowest BCUT2D eigenvalue weighted by Crippen LogP contribution is -2.13. The van der Waals surface area contributed by atoms with E-state index in [1.54, 1.807) is 10.6 Å². The Hall–Kier alpha value is -0.970. The van der Waals surface area contributed by atoms with Crippen LogP contribution >= 0.6 is 37.2 Å². The molecule has 0 atom stereocenters. The molecule has 0 fully saturated rings. The zero-order valence-electron chi connectivity index (χ0n) is 7.49. The summed E-state index contributed by atoms with van der Waals surface area (Å²) in [7, 11) is 0. The first-order valence-corrected chi connectivity index (χ1v) is 3.51. The van der Waals surface area contributed by atoms with E-state index in [4.69, 9.17) is 5.73 Å². The second-order valence-electron chi connectivity index (χ2n) is 2.44. The van der Waals surface area contributed by atoms with Crippen molar-refractivity contribution in [2.75, 3.05) is 0 Å². The maximum Gasteiger partial charge on any atom is 0.267 e. The number of amides is 1. The third kappa shape index (κ3) is 2.99. The minimum absolute atomic E-state index is 0. The smallest absolute Gasteiger partial charge is 0.267 e. The van der Waals surface area contributed by atoms with Crippen LogP contribution in [0.15, 0.2) is 30.6 Å². The molecule has 2 rings (SSSR count). The van der Waals surface area contributed by atoms with Crippen LogP contribution in [0.5, 0.6) is 0 Å². The molecule has 2 aromatic rings. The Labute approximate surface area is 105 Å². The Morgan fingerprint density at radius 2 is 1.93 bits per heavy atom. The molecule has 4 nitrogen and oxygen atoms in total. The van der Waals surface area contributed by atoms with Gasteiger partial charge in [0.1, 0.15) is 11.3 Å². The molecule has 2 N–H and O–H groups in total. The van der Waals surface area contributed by atoms with Crippen molar-refractivity contribution in [3.63, 3.8) is 0 Å². The molecule has 0 radical (unpaired) electrons. The number of nitrogens with zero attached hydrogens (tertiary/aromatic N) is 2. The van der Waals surface area contributed by atoms with Gasteiger partial charge in [-0.15, -0.1) is 37.2 Å². The molecule has 0 aliphatic rings. The van der Waals surface area contributed by atoms with E-state index in [0.717, 1.165) is 5.65 Å². The second kappa shape index (κ2) is 6.50. The largest absolute Gasteiger partial charge is 0.364 e. The van der Waals surface area contributed by atoms with Crippen LogP contribution < -0.4 is 5.73 Å². The van der Waals surface area contributed by atoms with Crippen molar-refractivity contribution in [2.45, 2.75) is 0 Å². The Bertz CT molecular complexity index is 443. The van der Waals surface area contributed by atoms with Crippen molar-refractivity contribution in [1.82, 2.24) is 9.38 Å². The fraction of sp³-hybridized carbons (Fsp3) is 0. The van der Waals surface area contributed by atoms with Gasteiger partial charge < -0.3 is 5.73 Å². The van der Waals surface area contributed by atoms with Crippen LogP contribution in [0.2, 0.25) is 0 Å². The molecule has 0 aliphatic carbocycles. The number of carbonyl (C=O) groups is 1. The molecule has 2 aromatic heterocycles. The van der Waals surface area contributed by atoms with Crippen LogP contribution in [-0.4, -0.2) is 15.3 Å². The summed E-state index contributed by atoms with van der Waals surface area (Å²) in [6, 6.07) is 5.49. The van der Waals surface area contributed by atoms with Crippen molar-refractivity contribution >= 4 is 48.8 Å². The molecule has 0 saturated heterocycles. The number of pyridine rings is 1. The summed E-state index contributed by atoms with van der Waals surface area (Å²) in [4.78, 5) is 14.8. The monoisotopic (exact) mass is 269 g/mol. The Balaban J connectivity index is 0. The standard InChI is InChI=1S/C8H7N3O.3ClH/c9-8(12)6-5-10-7-3-1-2-4-11(6)7;;;/h1-5H,(H2,9,12);3*1H. The molecule has 1 amide bonds. The van der Waals surface area contributed by atoms with Crippen molar-refractivity contribution in [1.29, 1.82) is 0 Å². The highest BCUT2D eigenvalue weighted by Gasteiger charge is 2.05. The zero-order valence-corrected chi connectivity index (χ0v) is 9.94. The molecule has 0 aliphatic heterocycles. The molecule has 0 saturated carbocycles. The summed E-state index contributed by atoms with van der Waals surface area (Å²) in [5, 5.41) is 0. The maximum atomic E-state index is 10.8. The van der Waals surface area contributed by atoms with Crippen molar-refractivity contribution in [3.8, 4) is 0 Å². The number of imidazole rings is 1. The summed E-state index contributed by atoms with van der Waals surface area (Å²) in [5.41, 5.74) is 6.26. The first kappa shape index (κ1) is 16.5. The number of primary amides is 1. The maximum absolute atomic E-state index is 10.8. The predicted octanol–water partition coefficient (Wildman–Crippen LogP) is 1.70. The van der Waals surface area contributed by atoms with Crippen LogP contribution in [-0.2, 0) is 0 Å². The predicted molar refractivity (Wildman–Crippen MR) is 65.5 cm³/mol. The Morgan fingerprint density at radius 3 is 2.53 bits per heavy atom. The fourth-order valence-corrected chi connectivity index (χ4v) is 1.11. The van der Waals surface area contributed by atoms with E-state index >= 15 is 0 Å². The van der Waals surface area contributed by atoms with Gasteiger partial charge >= 0.3 is 0 Å². The average Bonchev–Trinajstić information content (AvgIpc) is 2.47. The van der Waals surface area contributed by atoms with Gasteiger partial charge in [0.05, 0.1) is 6.20 Å². The third-order valence-electron chi connectivity index (χ3n) is 1.67. The SMILES string of the molecule is Cl.Cl.Cl.NC(=O)c1cnc2ccccn12. The van der Waals surface area contributed by atoms with Gasteiger partial charge in [-0.25, -0.2) is 4.98 Å². The number of aromatic nitrogens is 2.